The molecular formula is C17H25N3O. The van der Waals surface area contributed by atoms with Crippen molar-refractivity contribution in [2.24, 2.45) is 0 Å². The van der Waals surface area contributed by atoms with Crippen LogP contribution in [0.15, 0.2) is 30.3 Å². The summed E-state index contributed by atoms with van der Waals surface area (Å²) in [5.74, 6) is 0. The SMILES string of the molecule is O=C1N(CCCc2ccccc2)CCN1C1CCNCC1. The molecule has 1 aromatic rings. The number of aryl methyl sites for hydroxylation is 1. The van der Waals surface area contributed by atoms with Gasteiger partial charge in [0, 0.05) is 25.7 Å². The molecule has 114 valence electrons. The minimum Gasteiger partial charge on any atom is -0.323 e. The highest BCUT2D eigenvalue weighted by Gasteiger charge is 2.33. The van der Waals surface area contributed by atoms with Gasteiger partial charge < -0.3 is 15.1 Å². The molecule has 21 heavy (non-hydrogen) atoms. The van der Waals surface area contributed by atoms with E-state index in [2.05, 4.69) is 34.5 Å². The second-order valence-corrected chi connectivity index (χ2v) is 6.03. The van der Waals surface area contributed by atoms with E-state index in [9.17, 15) is 4.79 Å². The van der Waals surface area contributed by atoms with Crippen molar-refractivity contribution in [2.45, 2.75) is 31.7 Å². The molecule has 1 aromatic carbocycles. The largest absolute Gasteiger partial charge is 0.323 e. The van der Waals surface area contributed by atoms with E-state index in [1.165, 1.54) is 5.56 Å². The monoisotopic (exact) mass is 287 g/mol. The molecule has 0 spiro atoms. The summed E-state index contributed by atoms with van der Waals surface area (Å²) in [6.07, 6.45) is 4.31. The number of nitrogens with zero attached hydrogens (tertiary/aromatic N) is 2. The maximum atomic E-state index is 12.5. The number of nitrogens with one attached hydrogen (secondary N) is 1. The van der Waals surface area contributed by atoms with Crippen molar-refractivity contribution in [1.82, 2.24) is 15.1 Å². The lowest BCUT2D eigenvalue weighted by Gasteiger charge is -2.31. The number of carbonyl (C=O) groups is 1. The number of piperidine rings is 1. The third-order valence-electron chi connectivity index (χ3n) is 4.61. The fourth-order valence-electron chi connectivity index (χ4n) is 3.38. The summed E-state index contributed by atoms with van der Waals surface area (Å²) in [4.78, 5) is 16.6. The first-order valence-electron chi connectivity index (χ1n) is 8.15. The molecule has 0 radical (unpaired) electrons. The summed E-state index contributed by atoms with van der Waals surface area (Å²) in [7, 11) is 0. The summed E-state index contributed by atoms with van der Waals surface area (Å²) < 4.78 is 0. The average Bonchev–Trinajstić information content (AvgIpc) is 2.90. The van der Waals surface area contributed by atoms with Gasteiger partial charge in [0.25, 0.3) is 0 Å². The molecule has 0 aliphatic carbocycles. The number of hydrogen-bond acceptors (Lipinski definition) is 2. The van der Waals surface area contributed by atoms with Gasteiger partial charge in [-0.1, -0.05) is 30.3 Å². The van der Waals surface area contributed by atoms with E-state index in [4.69, 9.17) is 0 Å². The molecule has 2 fully saturated rings. The summed E-state index contributed by atoms with van der Waals surface area (Å²) >= 11 is 0. The van der Waals surface area contributed by atoms with Crippen LogP contribution < -0.4 is 5.32 Å². The molecule has 0 saturated carbocycles. The predicted octanol–water partition coefficient (Wildman–Crippen LogP) is 2.11. The van der Waals surface area contributed by atoms with Crippen LogP contribution in [0, 0.1) is 0 Å². The molecule has 2 amide bonds. The Labute approximate surface area is 127 Å². The molecule has 0 atom stereocenters. The zero-order valence-electron chi connectivity index (χ0n) is 12.6. The van der Waals surface area contributed by atoms with E-state index in [1.807, 2.05) is 11.0 Å². The molecular weight excluding hydrogens is 262 g/mol. The highest BCUT2D eigenvalue weighted by atomic mass is 16.2. The van der Waals surface area contributed by atoms with Crippen molar-refractivity contribution in [1.29, 1.82) is 0 Å². The Hall–Kier alpha value is -1.55. The molecule has 4 heteroatoms. The Morgan fingerprint density at radius 3 is 2.62 bits per heavy atom. The second-order valence-electron chi connectivity index (χ2n) is 6.03. The van der Waals surface area contributed by atoms with Gasteiger partial charge in [-0.25, -0.2) is 4.79 Å². The standard InChI is InChI=1S/C17H25N3O/c21-17-19(12-4-7-15-5-2-1-3-6-15)13-14-20(17)16-8-10-18-11-9-16/h1-3,5-6,16,18H,4,7-14H2. The highest BCUT2D eigenvalue weighted by Crippen LogP contribution is 2.19. The van der Waals surface area contributed by atoms with Gasteiger partial charge in [0.1, 0.15) is 0 Å². The lowest BCUT2D eigenvalue weighted by Crippen LogP contribution is -2.45. The van der Waals surface area contributed by atoms with Crippen LogP contribution in [-0.4, -0.2) is 54.6 Å². The first-order valence-corrected chi connectivity index (χ1v) is 8.15. The summed E-state index contributed by atoms with van der Waals surface area (Å²) in [6.45, 7) is 4.78. The van der Waals surface area contributed by atoms with Gasteiger partial charge in [-0.3, -0.25) is 0 Å². The van der Waals surface area contributed by atoms with E-state index >= 15 is 0 Å². The minimum atomic E-state index is 0.259. The maximum absolute atomic E-state index is 12.5. The molecule has 2 saturated heterocycles. The second kappa shape index (κ2) is 6.94. The van der Waals surface area contributed by atoms with Crippen LogP contribution in [0.4, 0.5) is 4.79 Å². The van der Waals surface area contributed by atoms with E-state index in [-0.39, 0.29) is 6.03 Å². The molecule has 4 nitrogen and oxygen atoms in total. The molecule has 1 N–H and O–H groups in total. The van der Waals surface area contributed by atoms with Crippen LogP contribution in [0.1, 0.15) is 24.8 Å². The molecule has 3 rings (SSSR count). The number of benzene rings is 1. The van der Waals surface area contributed by atoms with Crippen molar-refractivity contribution >= 4 is 6.03 Å². The van der Waals surface area contributed by atoms with E-state index in [0.29, 0.717) is 6.04 Å². The molecule has 0 bridgehead atoms. The van der Waals surface area contributed by atoms with Crippen molar-refractivity contribution in [3.8, 4) is 0 Å². The Kier molecular flexibility index (Phi) is 4.76. The number of amides is 2. The van der Waals surface area contributed by atoms with Crippen molar-refractivity contribution in [3.63, 3.8) is 0 Å². The molecule has 2 heterocycles. The summed E-state index contributed by atoms with van der Waals surface area (Å²) in [6, 6.07) is 11.2. The minimum absolute atomic E-state index is 0.259. The fraction of sp³-hybridized carbons (Fsp3) is 0.588. The quantitative estimate of drug-likeness (QED) is 0.900. The molecule has 2 aliphatic heterocycles. The Morgan fingerprint density at radius 1 is 1.10 bits per heavy atom. The Morgan fingerprint density at radius 2 is 1.86 bits per heavy atom. The first-order chi connectivity index (χ1) is 10.3. The zero-order chi connectivity index (χ0) is 14.5. The molecule has 0 aromatic heterocycles. The van der Waals surface area contributed by atoms with Gasteiger partial charge in [0.05, 0.1) is 0 Å². The Bertz CT molecular complexity index is 456. The summed E-state index contributed by atoms with van der Waals surface area (Å²) in [5, 5.41) is 3.37. The normalized spacial score (nSPS) is 20.3. The van der Waals surface area contributed by atoms with E-state index in [1.54, 1.807) is 0 Å². The number of urea groups is 1. The fourth-order valence-corrected chi connectivity index (χ4v) is 3.38. The lowest BCUT2D eigenvalue weighted by atomic mass is 10.1. The zero-order valence-corrected chi connectivity index (χ0v) is 12.6. The number of rotatable bonds is 5. The third kappa shape index (κ3) is 3.56. The van der Waals surface area contributed by atoms with Gasteiger partial charge in [0.2, 0.25) is 0 Å². The van der Waals surface area contributed by atoms with E-state index in [0.717, 1.165) is 58.4 Å². The van der Waals surface area contributed by atoms with Crippen LogP contribution in [-0.2, 0) is 6.42 Å². The van der Waals surface area contributed by atoms with Gasteiger partial charge in [-0.15, -0.1) is 0 Å². The summed E-state index contributed by atoms with van der Waals surface area (Å²) in [5.41, 5.74) is 1.36. The number of hydrogen-bond donors (Lipinski definition) is 1. The van der Waals surface area contributed by atoms with Gasteiger partial charge in [-0.2, -0.15) is 0 Å². The molecule has 0 unspecified atom stereocenters. The average molecular weight is 287 g/mol. The third-order valence-corrected chi connectivity index (χ3v) is 4.61. The Balaban J connectivity index is 1.45. The van der Waals surface area contributed by atoms with Gasteiger partial charge in [-0.05, 0) is 44.3 Å². The topological polar surface area (TPSA) is 35.6 Å². The predicted molar refractivity (Wildman–Crippen MR) is 84.3 cm³/mol. The van der Waals surface area contributed by atoms with Crippen LogP contribution in [0.3, 0.4) is 0 Å². The maximum Gasteiger partial charge on any atom is 0.320 e. The molecule has 2 aliphatic rings. The van der Waals surface area contributed by atoms with Crippen LogP contribution in [0.5, 0.6) is 0 Å². The van der Waals surface area contributed by atoms with Crippen LogP contribution in [0.25, 0.3) is 0 Å². The van der Waals surface area contributed by atoms with Crippen molar-refractivity contribution in [2.75, 3.05) is 32.7 Å². The first kappa shape index (κ1) is 14.4. The van der Waals surface area contributed by atoms with Crippen molar-refractivity contribution in [3.05, 3.63) is 35.9 Å². The van der Waals surface area contributed by atoms with Crippen molar-refractivity contribution < 1.29 is 4.79 Å². The highest BCUT2D eigenvalue weighted by molar-refractivity contribution is 5.76. The van der Waals surface area contributed by atoms with Gasteiger partial charge in [0.15, 0.2) is 0 Å². The van der Waals surface area contributed by atoms with Crippen LogP contribution in [0.2, 0.25) is 0 Å². The smallest absolute Gasteiger partial charge is 0.320 e. The van der Waals surface area contributed by atoms with E-state index < -0.39 is 0 Å². The number of carbonyl (C=O) groups excluding carboxylic acids is 1. The lowest BCUT2D eigenvalue weighted by molar-refractivity contribution is 0.165. The van der Waals surface area contributed by atoms with Crippen LogP contribution >= 0.6 is 0 Å². The van der Waals surface area contributed by atoms with Gasteiger partial charge >= 0.3 is 6.03 Å².